The summed E-state index contributed by atoms with van der Waals surface area (Å²) in [7, 11) is 1.60. The van der Waals surface area contributed by atoms with Gasteiger partial charge in [-0.15, -0.1) is 0 Å². The number of aromatic nitrogens is 2. The molecule has 2 N–H and O–H groups in total. The predicted molar refractivity (Wildman–Crippen MR) is 121 cm³/mol. The number of hydrogen-bond donors (Lipinski definition) is 2. The first kappa shape index (κ1) is 20.0. The Bertz CT molecular complexity index is 1210. The molecule has 1 amide bonds. The Kier molecular flexibility index (Phi) is 4.77. The number of benzene rings is 2. The number of methoxy groups -OCH3 is 1. The summed E-state index contributed by atoms with van der Waals surface area (Å²) in [6.07, 6.45) is 4.57. The number of nitrogens with zero attached hydrogens (tertiary/aromatic N) is 3. The maximum atomic E-state index is 14.4. The first-order valence-electron chi connectivity index (χ1n) is 10.3. The molecule has 7 nitrogen and oxygen atoms in total. The molecule has 2 aliphatic rings. The van der Waals surface area contributed by atoms with Crippen LogP contribution in [0.15, 0.2) is 61.3 Å². The van der Waals surface area contributed by atoms with E-state index in [-0.39, 0.29) is 23.1 Å². The molecule has 0 unspecified atom stereocenters. The van der Waals surface area contributed by atoms with Crippen molar-refractivity contribution in [1.82, 2.24) is 9.97 Å². The van der Waals surface area contributed by atoms with Gasteiger partial charge < -0.3 is 20.3 Å². The molecule has 32 heavy (non-hydrogen) atoms. The zero-order valence-corrected chi connectivity index (χ0v) is 17.6. The van der Waals surface area contributed by atoms with Crippen molar-refractivity contribution < 1.29 is 13.9 Å². The highest BCUT2D eigenvalue weighted by molar-refractivity contribution is 6.03. The Labute approximate surface area is 185 Å². The molecule has 1 aliphatic carbocycles. The zero-order valence-electron chi connectivity index (χ0n) is 17.6. The molecule has 3 aromatic rings. The van der Waals surface area contributed by atoms with Gasteiger partial charge in [0.05, 0.1) is 13.3 Å². The van der Waals surface area contributed by atoms with Gasteiger partial charge in [-0.1, -0.05) is 12.6 Å². The van der Waals surface area contributed by atoms with E-state index in [2.05, 4.69) is 27.2 Å². The van der Waals surface area contributed by atoms with Crippen LogP contribution in [-0.4, -0.2) is 29.5 Å². The molecular weight excluding hydrogens is 409 g/mol. The van der Waals surface area contributed by atoms with Crippen LogP contribution in [0, 0.1) is 5.82 Å². The van der Waals surface area contributed by atoms with Gasteiger partial charge in [-0.3, -0.25) is 4.79 Å². The lowest BCUT2D eigenvalue weighted by Gasteiger charge is -2.16. The molecule has 0 atom stereocenters. The van der Waals surface area contributed by atoms with Gasteiger partial charge in [0.25, 0.3) is 0 Å². The number of hydrogen-bond acceptors (Lipinski definition) is 6. The molecule has 5 rings (SSSR count). The highest BCUT2D eigenvalue weighted by Crippen LogP contribution is 2.57. The minimum absolute atomic E-state index is 0.0386. The number of ether oxygens (including phenoxy) is 1. The topological polar surface area (TPSA) is 79.4 Å². The lowest BCUT2D eigenvalue weighted by molar-refractivity contribution is -0.114. The van der Waals surface area contributed by atoms with Crippen LogP contribution in [0.2, 0.25) is 0 Å². The fourth-order valence-corrected chi connectivity index (χ4v) is 4.09. The molecule has 0 bridgehead atoms. The van der Waals surface area contributed by atoms with E-state index in [0.717, 1.165) is 41.7 Å². The van der Waals surface area contributed by atoms with Crippen molar-refractivity contribution in [3.05, 3.63) is 72.7 Å². The summed E-state index contributed by atoms with van der Waals surface area (Å²) in [5, 5.41) is 6.07. The van der Waals surface area contributed by atoms with Crippen molar-refractivity contribution in [2.75, 3.05) is 29.2 Å². The third-order valence-electron chi connectivity index (χ3n) is 5.97. The number of anilines is 5. The summed E-state index contributed by atoms with van der Waals surface area (Å²) in [6, 6.07) is 13.0. The second-order valence-electron chi connectivity index (χ2n) is 8.01. The fourth-order valence-electron chi connectivity index (χ4n) is 4.09. The Morgan fingerprint density at radius 3 is 2.62 bits per heavy atom. The van der Waals surface area contributed by atoms with Gasteiger partial charge in [0.15, 0.2) is 11.6 Å². The van der Waals surface area contributed by atoms with E-state index in [0.29, 0.717) is 12.2 Å². The summed E-state index contributed by atoms with van der Waals surface area (Å²) in [4.78, 5) is 22.4. The van der Waals surface area contributed by atoms with Crippen LogP contribution in [0.5, 0.6) is 5.75 Å². The normalized spacial score (nSPS) is 15.2. The largest absolute Gasteiger partial charge is 0.497 e. The molecule has 2 aromatic carbocycles. The molecule has 1 aromatic heterocycles. The van der Waals surface area contributed by atoms with Crippen LogP contribution < -0.4 is 20.3 Å². The predicted octanol–water partition coefficient (Wildman–Crippen LogP) is 4.68. The number of amides is 1. The molecule has 1 saturated carbocycles. The lowest BCUT2D eigenvalue weighted by Crippen LogP contribution is -2.29. The van der Waals surface area contributed by atoms with E-state index in [1.807, 2.05) is 30.3 Å². The SMILES string of the molecule is C=CC(=O)N1CC2(CC2)c2ccc(Nc3nc(Nc4ccc(OC)cc4)ncc3F)cc21. The van der Waals surface area contributed by atoms with E-state index >= 15 is 0 Å². The van der Waals surface area contributed by atoms with Gasteiger partial charge in [0.2, 0.25) is 11.9 Å². The summed E-state index contributed by atoms with van der Waals surface area (Å²) < 4.78 is 19.6. The van der Waals surface area contributed by atoms with Gasteiger partial charge in [-0.05, 0) is 60.9 Å². The maximum Gasteiger partial charge on any atom is 0.250 e. The van der Waals surface area contributed by atoms with Crippen LogP contribution in [-0.2, 0) is 10.2 Å². The van der Waals surface area contributed by atoms with Gasteiger partial charge in [0.1, 0.15) is 5.75 Å². The number of carbonyl (C=O) groups is 1. The molecule has 2 heterocycles. The smallest absolute Gasteiger partial charge is 0.250 e. The van der Waals surface area contributed by atoms with E-state index in [4.69, 9.17) is 4.74 Å². The van der Waals surface area contributed by atoms with Crippen LogP contribution >= 0.6 is 0 Å². The lowest BCUT2D eigenvalue weighted by atomic mass is 9.98. The monoisotopic (exact) mass is 431 g/mol. The van der Waals surface area contributed by atoms with Crippen molar-refractivity contribution in [3.8, 4) is 5.75 Å². The van der Waals surface area contributed by atoms with Gasteiger partial charge in [0, 0.05) is 29.0 Å². The number of carbonyl (C=O) groups excluding carboxylic acids is 1. The fraction of sp³-hybridized carbons (Fsp3) is 0.208. The van der Waals surface area contributed by atoms with Crippen LogP contribution in [0.1, 0.15) is 18.4 Å². The Hall–Kier alpha value is -3.94. The third-order valence-corrected chi connectivity index (χ3v) is 5.97. The second kappa shape index (κ2) is 7.64. The Balaban J connectivity index is 1.40. The average Bonchev–Trinajstić information content (AvgIpc) is 3.52. The highest BCUT2D eigenvalue weighted by Gasteiger charge is 2.52. The highest BCUT2D eigenvalue weighted by atomic mass is 19.1. The summed E-state index contributed by atoms with van der Waals surface area (Å²) in [5.41, 5.74) is 3.43. The second-order valence-corrected chi connectivity index (χ2v) is 8.01. The number of rotatable bonds is 6. The van der Waals surface area contributed by atoms with E-state index < -0.39 is 5.82 Å². The standard InChI is InChI=1S/C24H22FN5O2/c1-3-21(31)30-14-24(10-11-24)18-9-6-16(12-20(18)30)27-22-19(25)13-26-23(29-22)28-15-4-7-17(32-2)8-5-15/h3-9,12-13H,1,10-11,14H2,2H3,(H2,26,27,28,29). The van der Waals surface area contributed by atoms with Crippen molar-refractivity contribution in [1.29, 1.82) is 0 Å². The molecule has 0 saturated heterocycles. The van der Waals surface area contributed by atoms with Gasteiger partial charge >= 0.3 is 0 Å². The summed E-state index contributed by atoms with van der Waals surface area (Å²) >= 11 is 0. The van der Waals surface area contributed by atoms with E-state index in [9.17, 15) is 9.18 Å². The quantitative estimate of drug-likeness (QED) is 0.552. The Morgan fingerprint density at radius 2 is 1.94 bits per heavy atom. The molecule has 0 radical (unpaired) electrons. The van der Waals surface area contributed by atoms with Crippen molar-refractivity contribution in [3.63, 3.8) is 0 Å². The third kappa shape index (κ3) is 3.53. The molecule has 1 spiro atoms. The van der Waals surface area contributed by atoms with Crippen molar-refractivity contribution in [2.24, 2.45) is 0 Å². The number of nitrogens with one attached hydrogen (secondary N) is 2. The van der Waals surface area contributed by atoms with Crippen molar-refractivity contribution >= 4 is 34.7 Å². The number of halogens is 1. The van der Waals surface area contributed by atoms with Gasteiger partial charge in [-0.2, -0.15) is 4.98 Å². The van der Waals surface area contributed by atoms with Crippen molar-refractivity contribution in [2.45, 2.75) is 18.3 Å². The minimum Gasteiger partial charge on any atom is -0.497 e. The van der Waals surface area contributed by atoms with E-state index in [1.54, 1.807) is 24.1 Å². The molecule has 162 valence electrons. The molecule has 1 aliphatic heterocycles. The molecule has 8 heteroatoms. The number of fused-ring (bicyclic) bond motifs is 2. The summed E-state index contributed by atoms with van der Waals surface area (Å²) in [6.45, 7) is 4.28. The van der Waals surface area contributed by atoms with E-state index in [1.165, 1.54) is 6.08 Å². The first-order valence-corrected chi connectivity index (χ1v) is 10.3. The van der Waals surface area contributed by atoms with Crippen LogP contribution in [0.3, 0.4) is 0 Å². The molecular formula is C24H22FN5O2. The van der Waals surface area contributed by atoms with Crippen LogP contribution in [0.25, 0.3) is 0 Å². The zero-order chi connectivity index (χ0) is 22.3. The Morgan fingerprint density at radius 1 is 1.19 bits per heavy atom. The van der Waals surface area contributed by atoms with Crippen LogP contribution in [0.4, 0.5) is 33.2 Å². The summed E-state index contributed by atoms with van der Waals surface area (Å²) in [5.74, 6) is 0.304. The molecule has 1 fully saturated rings. The first-order chi connectivity index (χ1) is 15.5. The average molecular weight is 431 g/mol. The minimum atomic E-state index is -0.580. The maximum absolute atomic E-state index is 14.4. The van der Waals surface area contributed by atoms with Gasteiger partial charge in [-0.25, -0.2) is 9.37 Å².